The summed E-state index contributed by atoms with van der Waals surface area (Å²) in [4.78, 5) is 2.34. The fraction of sp³-hybridized carbons (Fsp3) is 0.533. The van der Waals surface area contributed by atoms with Crippen molar-refractivity contribution in [3.63, 3.8) is 0 Å². The normalized spacial score (nSPS) is 24.2. The van der Waals surface area contributed by atoms with Crippen LogP contribution in [0.1, 0.15) is 30.9 Å². The first-order valence-electron chi connectivity index (χ1n) is 7.01. The molecule has 21 heavy (non-hydrogen) atoms. The van der Waals surface area contributed by atoms with E-state index in [1.807, 2.05) is 12.1 Å². The highest BCUT2D eigenvalue weighted by molar-refractivity contribution is 6.31. The minimum Gasteiger partial charge on any atom is -0.409 e. The number of methoxy groups -OCH3 is 1. The lowest BCUT2D eigenvalue weighted by Gasteiger charge is -2.39. The summed E-state index contributed by atoms with van der Waals surface area (Å²) in [5, 5.41) is 12.3. The third-order valence-electron chi connectivity index (χ3n) is 4.08. The van der Waals surface area contributed by atoms with Gasteiger partial charge >= 0.3 is 0 Å². The van der Waals surface area contributed by atoms with Crippen molar-refractivity contribution in [1.82, 2.24) is 4.90 Å². The molecular weight excluding hydrogens is 290 g/mol. The second-order valence-electron chi connectivity index (χ2n) is 5.76. The Morgan fingerprint density at radius 3 is 2.95 bits per heavy atom. The van der Waals surface area contributed by atoms with Gasteiger partial charge in [-0.05, 0) is 37.9 Å². The smallest absolute Gasteiger partial charge is 0.170 e. The molecule has 1 aliphatic heterocycles. The van der Waals surface area contributed by atoms with Crippen LogP contribution in [-0.2, 0) is 11.3 Å². The molecule has 3 N–H and O–H groups in total. The Kier molecular flexibility index (Phi) is 5.08. The molecular formula is C15H22ClN3O2. The number of ether oxygens (including phenoxy) is 1. The van der Waals surface area contributed by atoms with Gasteiger partial charge in [0, 0.05) is 30.8 Å². The van der Waals surface area contributed by atoms with Gasteiger partial charge in [0.1, 0.15) is 0 Å². The number of rotatable bonds is 4. The van der Waals surface area contributed by atoms with E-state index in [1.54, 1.807) is 13.2 Å². The molecule has 0 bridgehead atoms. The summed E-state index contributed by atoms with van der Waals surface area (Å²) in [6, 6.07) is 5.47. The van der Waals surface area contributed by atoms with E-state index in [0.717, 1.165) is 38.0 Å². The standard InChI is InChI=1S/C15H22ClN3O2/c1-15(21-2)6-3-7-19(10-15)9-12-5-4-11(8-13(12)16)14(17)18-20/h4-5,8,20H,3,6-7,9-10H2,1-2H3,(H2,17,18). The van der Waals surface area contributed by atoms with Crippen LogP contribution in [-0.4, -0.2) is 41.7 Å². The molecule has 1 aromatic carbocycles. The summed E-state index contributed by atoms with van der Waals surface area (Å²) >= 11 is 6.30. The van der Waals surface area contributed by atoms with E-state index in [1.165, 1.54) is 0 Å². The van der Waals surface area contributed by atoms with E-state index in [4.69, 9.17) is 27.3 Å². The van der Waals surface area contributed by atoms with E-state index >= 15 is 0 Å². The molecule has 0 spiro atoms. The van der Waals surface area contributed by atoms with Crippen molar-refractivity contribution in [2.45, 2.75) is 31.9 Å². The van der Waals surface area contributed by atoms with E-state index in [2.05, 4.69) is 17.0 Å². The minimum atomic E-state index is -0.0847. The van der Waals surface area contributed by atoms with Crippen LogP contribution in [0.4, 0.5) is 0 Å². The molecule has 0 aliphatic carbocycles. The summed E-state index contributed by atoms with van der Waals surface area (Å²) < 4.78 is 5.61. The predicted octanol–water partition coefficient (Wildman–Crippen LogP) is 2.44. The van der Waals surface area contributed by atoms with E-state index in [9.17, 15) is 0 Å². The summed E-state index contributed by atoms with van der Waals surface area (Å²) in [5.74, 6) is 0.0633. The second kappa shape index (κ2) is 6.64. The molecule has 0 radical (unpaired) electrons. The molecule has 1 saturated heterocycles. The predicted molar refractivity (Wildman–Crippen MR) is 83.9 cm³/mol. The van der Waals surface area contributed by atoms with E-state index < -0.39 is 0 Å². The molecule has 1 aromatic rings. The molecule has 1 atom stereocenters. The topological polar surface area (TPSA) is 71.1 Å². The maximum Gasteiger partial charge on any atom is 0.170 e. The fourth-order valence-corrected chi connectivity index (χ4v) is 2.98. The number of amidine groups is 1. The van der Waals surface area contributed by atoms with Crippen LogP contribution in [0.3, 0.4) is 0 Å². The highest BCUT2D eigenvalue weighted by Gasteiger charge is 2.30. The van der Waals surface area contributed by atoms with Gasteiger partial charge in [0.05, 0.1) is 5.60 Å². The molecule has 0 saturated carbocycles. The van der Waals surface area contributed by atoms with Crippen molar-refractivity contribution in [1.29, 1.82) is 0 Å². The maximum absolute atomic E-state index is 8.69. The Labute approximate surface area is 130 Å². The first-order chi connectivity index (χ1) is 9.97. The van der Waals surface area contributed by atoms with Crippen LogP contribution >= 0.6 is 11.6 Å². The van der Waals surface area contributed by atoms with Crippen molar-refractivity contribution in [3.8, 4) is 0 Å². The molecule has 1 aliphatic rings. The van der Waals surface area contributed by atoms with Crippen LogP contribution in [0.2, 0.25) is 5.02 Å². The first kappa shape index (κ1) is 16.1. The third-order valence-corrected chi connectivity index (χ3v) is 4.43. The van der Waals surface area contributed by atoms with Crippen LogP contribution in [0.25, 0.3) is 0 Å². The Hall–Kier alpha value is -1.30. The molecule has 1 heterocycles. The fourth-order valence-electron chi connectivity index (χ4n) is 2.74. The van der Waals surface area contributed by atoms with Gasteiger partial charge in [0.2, 0.25) is 0 Å². The zero-order valence-corrected chi connectivity index (χ0v) is 13.2. The molecule has 2 rings (SSSR count). The summed E-state index contributed by atoms with van der Waals surface area (Å²) in [7, 11) is 1.77. The van der Waals surface area contributed by atoms with Crippen molar-refractivity contribution in [2.75, 3.05) is 20.2 Å². The number of hydrogen-bond donors (Lipinski definition) is 2. The Morgan fingerprint density at radius 1 is 1.57 bits per heavy atom. The molecule has 5 nitrogen and oxygen atoms in total. The van der Waals surface area contributed by atoms with Crippen molar-refractivity contribution < 1.29 is 9.94 Å². The number of likely N-dealkylation sites (tertiary alicyclic amines) is 1. The molecule has 1 unspecified atom stereocenters. The number of halogens is 1. The molecule has 6 heteroatoms. The second-order valence-corrected chi connectivity index (χ2v) is 6.17. The zero-order valence-electron chi connectivity index (χ0n) is 12.5. The first-order valence-corrected chi connectivity index (χ1v) is 7.39. The van der Waals surface area contributed by atoms with E-state index in [-0.39, 0.29) is 11.4 Å². The Balaban J connectivity index is 2.09. The van der Waals surface area contributed by atoms with Crippen LogP contribution < -0.4 is 5.73 Å². The number of piperidine rings is 1. The average Bonchev–Trinajstić information content (AvgIpc) is 2.48. The van der Waals surface area contributed by atoms with Crippen LogP contribution in [0, 0.1) is 0 Å². The van der Waals surface area contributed by atoms with Crippen molar-refractivity contribution in [2.24, 2.45) is 10.9 Å². The lowest BCUT2D eigenvalue weighted by molar-refractivity contribution is -0.0526. The highest BCUT2D eigenvalue weighted by atomic mass is 35.5. The summed E-state index contributed by atoms with van der Waals surface area (Å²) in [5.41, 5.74) is 7.13. The molecule has 116 valence electrons. The summed E-state index contributed by atoms with van der Waals surface area (Å²) in [6.07, 6.45) is 2.19. The highest BCUT2D eigenvalue weighted by Crippen LogP contribution is 2.27. The number of nitrogens with zero attached hydrogens (tertiary/aromatic N) is 2. The molecule has 1 fully saturated rings. The summed E-state index contributed by atoms with van der Waals surface area (Å²) in [6.45, 7) is 4.84. The zero-order chi connectivity index (χ0) is 15.5. The average molecular weight is 312 g/mol. The van der Waals surface area contributed by atoms with Gasteiger partial charge in [0.25, 0.3) is 0 Å². The monoisotopic (exact) mass is 311 g/mol. The third kappa shape index (κ3) is 3.87. The van der Waals surface area contributed by atoms with Gasteiger partial charge in [0.15, 0.2) is 5.84 Å². The maximum atomic E-state index is 8.69. The quantitative estimate of drug-likeness (QED) is 0.388. The van der Waals surface area contributed by atoms with E-state index in [0.29, 0.717) is 10.6 Å². The van der Waals surface area contributed by atoms with Crippen molar-refractivity contribution >= 4 is 17.4 Å². The number of oxime groups is 1. The van der Waals surface area contributed by atoms with Gasteiger partial charge in [-0.25, -0.2) is 0 Å². The van der Waals surface area contributed by atoms with Gasteiger partial charge in [-0.15, -0.1) is 0 Å². The molecule has 0 aromatic heterocycles. The number of hydrogen-bond acceptors (Lipinski definition) is 4. The Morgan fingerprint density at radius 2 is 2.33 bits per heavy atom. The SMILES string of the molecule is COC1(C)CCCN(Cc2ccc(/C(N)=N/O)cc2Cl)C1. The largest absolute Gasteiger partial charge is 0.409 e. The molecule has 0 amide bonds. The van der Waals surface area contributed by atoms with Crippen LogP contribution in [0.5, 0.6) is 0 Å². The van der Waals surface area contributed by atoms with Gasteiger partial charge < -0.3 is 15.7 Å². The Bertz CT molecular complexity index is 536. The van der Waals surface area contributed by atoms with Crippen molar-refractivity contribution in [3.05, 3.63) is 34.3 Å². The van der Waals surface area contributed by atoms with Crippen LogP contribution in [0.15, 0.2) is 23.4 Å². The van der Waals surface area contributed by atoms with Gasteiger partial charge in [-0.1, -0.05) is 28.9 Å². The van der Waals surface area contributed by atoms with Gasteiger partial charge in [-0.2, -0.15) is 0 Å². The minimum absolute atomic E-state index is 0.0633. The number of nitrogens with two attached hydrogens (primary N) is 1. The lowest BCUT2D eigenvalue weighted by atomic mass is 9.94. The van der Waals surface area contributed by atoms with Gasteiger partial charge in [-0.3, -0.25) is 4.90 Å². The number of benzene rings is 1. The lowest BCUT2D eigenvalue weighted by Crippen LogP contribution is -2.46.